The smallest absolute Gasteiger partial charge is 0.211 e. The molecule has 20 heavy (non-hydrogen) atoms. The number of carbonyl (C=O) groups excluding carboxylic acids is 1. The molecular formula is C15H9ClO3S. The Morgan fingerprint density at radius 3 is 2.25 bits per heavy atom. The fourth-order valence-corrected chi connectivity index (χ4v) is 3.83. The third-order valence-electron chi connectivity index (χ3n) is 3.10. The number of hydrogen-bond donors (Lipinski definition) is 0. The number of benzene rings is 2. The second-order valence-corrected chi connectivity index (χ2v) is 6.71. The van der Waals surface area contributed by atoms with Gasteiger partial charge >= 0.3 is 0 Å². The van der Waals surface area contributed by atoms with E-state index in [1.807, 2.05) is 0 Å². The summed E-state index contributed by atoms with van der Waals surface area (Å²) in [6.45, 7) is 0. The molecule has 0 N–H and O–H groups in total. The number of allylic oxidation sites excluding steroid dienone is 1. The van der Waals surface area contributed by atoms with Gasteiger partial charge in [-0.2, -0.15) is 0 Å². The van der Waals surface area contributed by atoms with Crippen molar-refractivity contribution in [2.45, 2.75) is 4.90 Å². The Balaban J connectivity index is 2.17. The topological polar surface area (TPSA) is 51.2 Å². The normalized spacial score (nSPS) is 18.2. The Hall–Kier alpha value is -1.91. The largest absolute Gasteiger partial charge is 0.288 e. The molecule has 3 rings (SSSR count). The molecule has 0 bridgehead atoms. The first-order chi connectivity index (χ1) is 9.50. The number of rotatable bonds is 1. The van der Waals surface area contributed by atoms with Gasteiger partial charge in [0.05, 0.1) is 4.90 Å². The molecule has 0 radical (unpaired) electrons. The lowest BCUT2D eigenvalue weighted by molar-refractivity contribution is 0.104. The summed E-state index contributed by atoms with van der Waals surface area (Å²) in [5.74, 6) is -0.462. The predicted molar refractivity (Wildman–Crippen MR) is 77.4 cm³/mol. The van der Waals surface area contributed by atoms with Crippen LogP contribution in [-0.2, 0) is 9.84 Å². The summed E-state index contributed by atoms with van der Waals surface area (Å²) in [4.78, 5) is 12.1. The molecule has 2 aromatic carbocycles. The molecule has 100 valence electrons. The molecule has 0 saturated carbocycles. The summed E-state index contributed by atoms with van der Waals surface area (Å²) in [7, 11) is -3.73. The van der Waals surface area contributed by atoms with Crippen molar-refractivity contribution in [3.63, 3.8) is 0 Å². The van der Waals surface area contributed by atoms with Crippen molar-refractivity contribution in [1.29, 1.82) is 0 Å². The van der Waals surface area contributed by atoms with Crippen LogP contribution in [0, 0.1) is 0 Å². The molecule has 0 fully saturated rings. The summed E-state index contributed by atoms with van der Waals surface area (Å²) in [5.41, 5.74) is 0.849. The van der Waals surface area contributed by atoms with Crippen molar-refractivity contribution in [1.82, 2.24) is 0 Å². The van der Waals surface area contributed by atoms with Gasteiger partial charge in [-0.1, -0.05) is 35.9 Å². The van der Waals surface area contributed by atoms with Gasteiger partial charge in [0.25, 0.3) is 0 Å². The van der Waals surface area contributed by atoms with E-state index in [9.17, 15) is 13.2 Å². The predicted octanol–water partition coefficient (Wildman–Crippen LogP) is 3.35. The van der Waals surface area contributed by atoms with Crippen molar-refractivity contribution < 1.29 is 13.2 Å². The van der Waals surface area contributed by atoms with E-state index in [1.165, 1.54) is 18.2 Å². The minimum Gasteiger partial charge on any atom is -0.288 e. The Labute approximate surface area is 121 Å². The maximum Gasteiger partial charge on any atom is 0.211 e. The summed E-state index contributed by atoms with van der Waals surface area (Å²) in [6.07, 6.45) is 1.38. The molecule has 0 aromatic heterocycles. The van der Waals surface area contributed by atoms with Gasteiger partial charge in [-0.05, 0) is 35.9 Å². The first kappa shape index (κ1) is 13.1. The molecule has 3 nitrogen and oxygen atoms in total. The van der Waals surface area contributed by atoms with Crippen molar-refractivity contribution >= 4 is 33.3 Å². The van der Waals surface area contributed by atoms with Crippen LogP contribution in [0.15, 0.2) is 58.3 Å². The van der Waals surface area contributed by atoms with Crippen LogP contribution in [-0.4, -0.2) is 14.2 Å². The summed E-state index contributed by atoms with van der Waals surface area (Å²) >= 11 is 5.78. The number of halogens is 1. The monoisotopic (exact) mass is 304 g/mol. The van der Waals surface area contributed by atoms with Gasteiger partial charge in [-0.25, -0.2) is 8.42 Å². The van der Waals surface area contributed by atoms with E-state index in [4.69, 9.17) is 11.6 Å². The van der Waals surface area contributed by atoms with E-state index in [0.717, 1.165) is 0 Å². The van der Waals surface area contributed by atoms with Crippen molar-refractivity contribution in [2.75, 3.05) is 0 Å². The van der Waals surface area contributed by atoms with Crippen molar-refractivity contribution in [3.05, 3.63) is 69.6 Å². The highest BCUT2D eigenvalue weighted by atomic mass is 35.5. The molecule has 1 aliphatic rings. The second kappa shape index (κ2) is 4.58. The molecule has 0 spiro atoms. The number of Topliss-reactive ketones (excluding diaryl/α,β-unsaturated/α-hetero) is 1. The van der Waals surface area contributed by atoms with Gasteiger partial charge in [0.1, 0.15) is 4.91 Å². The van der Waals surface area contributed by atoms with Crippen LogP contribution in [0.25, 0.3) is 6.08 Å². The molecule has 0 amide bonds. The summed E-state index contributed by atoms with van der Waals surface area (Å²) in [5, 5.41) is 0.552. The number of carbonyl (C=O) groups is 1. The highest BCUT2D eigenvalue weighted by molar-refractivity contribution is 7.97. The van der Waals surface area contributed by atoms with Crippen LogP contribution < -0.4 is 0 Å². The molecule has 1 heterocycles. The minimum atomic E-state index is -3.73. The van der Waals surface area contributed by atoms with Crippen molar-refractivity contribution in [2.24, 2.45) is 0 Å². The molecule has 2 aromatic rings. The van der Waals surface area contributed by atoms with Gasteiger partial charge < -0.3 is 0 Å². The molecule has 0 aliphatic carbocycles. The number of fused-ring (bicyclic) bond motifs is 1. The standard InChI is InChI=1S/C15H9ClO3S/c16-11-7-5-10(6-8-11)9-14-15(17)12-3-1-2-4-13(12)20(14,18)19/h1-9H/b14-9-. The van der Waals surface area contributed by atoms with Crippen LogP contribution >= 0.6 is 11.6 Å². The molecule has 0 saturated heterocycles. The molecule has 1 aliphatic heterocycles. The first-order valence-electron chi connectivity index (χ1n) is 5.86. The van der Waals surface area contributed by atoms with E-state index >= 15 is 0 Å². The lowest BCUT2D eigenvalue weighted by Crippen LogP contribution is -2.01. The van der Waals surface area contributed by atoms with Gasteiger partial charge in [0.2, 0.25) is 15.6 Å². The Morgan fingerprint density at radius 1 is 0.950 bits per heavy atom. The number of hydrogen-bond acceptors (Lipinski definition) is 3. The highest BCUT2D eigenvalue weighted by Gasteiger charge is 2.38. The van der Waals surface area contributed by atoms with Gasteiger partial charge in [0.15, 0.2) is 0 Å². The first-order valence-corrected chi connectivity index (χ1v) is 7.72. The summed E-state index contributed by atoms with van der Waals surface area (Å²) < 4.78 is 24.7. The van der Waals surface area contributed by atoms with E-state index < -0.39 is 15.6 Å². The fraction of sp³-hybridized carbons (Fsp3) is 0. The second-order valence-electron chi connectivity index (χ2n) is 4.39. The van der Waals surface area contributed by atoms with Gasteiger partial charge in [-0.3, -0.25) is 4.79 Å². The fourth-order valence-electron chi connectivity index (χ4n) is 2.12. The summed E-state index contributed by atoms with van der Waals surface area (Å²) in [6, 6.07) is 12.9. The Kier molecular flexibility index (Phi) is 3.00. The third kappa shape index (κ3) is 1.97. The third-order valence-corrected chi connectivity index (χ3v) is 5.17. The quantitative estimate of drug-likeness (QED) is 0.759. The average molecular weight is 305 g/mol. The van der Waals surface area contributed by atoms with Crippen molar-refractivity contribution in [3.8, 4) is 0 Å². The maximum atomic E-state index is 12.4. The van der Waals surface area contributed by atoms with E-state index in [0.29, 0.717) is 10.6 Å². The molecule has 0 unspecified atom stereocenters. The minimum absolute atomic E-state index is 0.0743. The zero-order valence-corrected chi connectivity index (χ0v) is 11.8. The van der Waals surface area contributed by atoms with E-state index in [1.54, 1.807) is 36.4 Å². The number of sulfone groups is 1. The van der Waals surface area contributed by atoms with Crippen LogP contribution in [0.1, 0.15) is 15.9 Å². The molecule has 5 heteroatoms. The maximum absolute atomic E-state index is 12.4. The number of ketones is 1. The lowest BCUT2D eigenvalue weighted by atomic mass is 10.1. The van der Waals surface area contributed by atoms with Crippen LogP contribution in [0.3, 0.4) is 0 Å². The average Bonchev–Trinajstić information content (AvgIpc) is 2.63. The SMILES string of the molecule is O=C1/C(=C/c2ccc(Cl)cc2)S(=O)(=O)c2ccccc21. The zero-order chi connectivity index (χ0) is 14.3. The van der Waals surface area contributed by atoms with Crippen LogP contribution in [0.2, 0.25) is 5.02 Å². The van der Waals surface area contributed by atoms with E-state index in [-0.39, 0.29) is 15.4 Å². The van der Waals surface area contributed by atoms with Gasteiger partial charge in [-0.15, -0.1) is 0 Å². The zero-order valence-electron chi connectivity index (χ0n) is 10.2. The molecule has 0 atom stereocenters. The molecular weight excluding hydrogens is 296 g/mol. The highest BCUT2D eigenvalue weighted by Crippen LogP contribution is 2.34. The van der Waals surface area contributed by atoms with Crippen LogP contribution in [0.4, 0.5) is 0 Å². The van der Waals surface area contributed by atoms with E-state index in [2.05, 4.69) is 0 Å². The Morgan fingerprint density at radius 2 is 1.60 bits per heavy atom. The Bertz CT molecular complexity index is 834. The van der Waals surface area contributed by atoms with Gasteiger partial charge in [0, 0.05) is 10.6 Å². The lowest BCUT2D eigenvalue weighted by Gasteiger charge is -1.98. The van der Waals surface area contributed by atoms with Crippen LogP contribution in [0.5, 0.6) is 0 Å².